The number of carbonyl (C=O) groups is 1. The first kappa shape index (κ1) is 16.3. The fourth-order valence-corrected chi connectivity index (χ4v) is 2.30. The van der Waals surface area contributed by atoms with Gasteiger partial charge in [0.05, 0.1) is 11.0 Å². The Morgan fingerprint density at radius 3 is 2.48 bits per heavy atom. The highest BCUT2D eigenvalue weighted by molar-refractivity contribution is 6.05. The Balaban J connectivity index is 1.82. The molecule has 7 heteroatoms. The van der Waals surface area contributed by atoms with E-state index in [1.54, 1.807) is 36.7 Å². The Morgan fingerprint density at radius 2 is 1.84 bits per heavy atom. The number of anilines is 1. The number of nitrogens with one attached hydrogen (secondary N) is 1. The number of hydrogen-bond acceptors (Lipinski definition) is 4. The summed E-state index contributed by atoms with van der Waals surface area (Å²) in [7, 11) is 0. The Hall–Kier alpha value is -3.61. The van der Waals surface area contributed by atoms with Crippen LogP contribution >= 0.6 is 0 Å². The van der Waals surface area contributed by atoms with Crippen molar-refractivity contribution in [3.8, 4) is 11.1 Å². The highest BCUT2D eigenvalue weighted by Gasteiger charge is 2.17. The largest absolute Gasteiger partial charge is 0.316 e. The maximum absolute atomic E-state index is 13.2. The number of pyridine rings is 1. The first-order valence-electron chi connectivity index (χ1n) is 7.30. The summed E-state index contributed by atoms with van der Waals surface area (Å²) in [5.74, 6) is -1.27. The summed E-state index contributed by atoms with van der Waals surface area (Å²) in [6, 6.07) is 13.4. The summed E-state index contributed by atoms with van der Waals surface area (Å²) in [5, 5.41) is 13.4. The average Bonchev–Trinajstić information content (AvgIpc) is 2.64. The summed E-state index contributed by atoms with van der Waals surface area (Å²) in [6.07, 6.45) is 3.37. The summed E-state index contributed by atoms with van der Waals surface area (Å²) < 4.78 is 13.2. The van der Waals surface area contributed by atoms with Crippen LogP contribution in [0.3, 0.4) is 0 Å². The molecular weight excluding hydrogens is 325 g/mol. The monoisotopic (exact) mass is 337 g/mol. The van der Waals surface area contributed by atoms with Crippen molar-refractivity contribution in [3.05, 3.63) is 88.5 Å². The van der Waals surface area contributed by atoms with Crippen LogP contribution in [0.15, 0.2) is 67.0 Å². The smallest absolute Gasteiger partial charge is 0.295 e. The number of rotatable bonds is 4. The summed E-state index contributed by atoms with van der Waals surface area (Å²) in [6.45, 7) is 0. The van der Waals surface area contributed by atoms with E-state index in [1.165, 1.54) is 0 Å². The Morgan fingerprint density at radius 1 is 1.08 bits per heavy atom. The zero-order valence-corrected chi connectivity index (χ0v) is 12.8. The molecule has 25 heavy (non-hydrogen) atoms. The van der Waals surface area contributed by atoms with Crippen molar-refractivity contribution in [2.45, 2.75) is 0 Å². The highest BCUT2D eigenvalue weighted by Crippen LogP contribution is 2.26. The minimum atomic E-state index is -0.746. The Bertz CT molecular complexity index is 928. The minimum Gasteiger partial charge on any atom is -0.316 e. The lowest BCUT2D eigenvalue weighted by Crippen LogP contribution is -2.13. The van der Waals surface area contributed by atoms with Crippen LogP contribution in [-0.2, 0) is 0 Å². The highest BCUT2D eigenvalue weighted by atomic mass is 19.1. The topological polar surface area (TPSA) is 85.1 Å². The lowest BCUT2D eigenvalue weighted by Gasteiger charge is -2.07. The van der Waals surface area contributed by atoms with Crippen molar-refractivity contribution in [3.63, 3.8) is 0 Å². The quantitative estimate of drug-likeness (QED) is 0.575. The first-order valence-corrected chi connectivity index (χ1v) is 7.30. The van der Waals surface area contributed by atoms with E-state index in [4.69, 9.17) is 0 Å². The fraction of sp³-hybridized carbons (Fsp3) is 0. The van der Waals surface area contributed by atoms with E-state index in [0.29, 0.717) is 5.56 Å². The maximum Gasteiger partial charge on any atom is 0.295 e. The van der Waals surface area contributed by atoms with Crippen molar-refractivity contribution < 1.29 is 14.1 Å². The van der Waals surface area contributed by atoms with Gasteiger partial charge in [0.2, 0.25) is 0 Å². The van der Waals surface area contributed by atoms with Crippen LogP contribution in [0.2, 0.25) is 0 Å². The summed E-state index contributed by atoms with van der Waals surface area (Å²) in [5.41, 5.74) is 1.56. The summed E-state index contributed by atoms with van der Waals surface area (Å²) >= 11 is 0. The lowest BCUT2D eigenvalue weighted by molar-refractivity contribution is -0.384. The number of benzene rings is 2. The second kappa shape index (κ2) is 6.88. The molecule has 6 nitrogen and oxygen atoms in total. The molecule has 0 spiro atoms. The van der Waals surface area contributed by atoms with Crippen molar-refractivity contribution in [1.82, 2.24) is 4.98 Å². The van der Waals surface area contributed by atoms with Crippen LogP contribution in [0, 0.1) is 15.9 Å². The first-order chi connectivity index (χ1) is 12.0. The molecule has 0 aliphatic carbocycles. The van der Waals surface area contributed by atoms with E-state index < -0.39 is 22.3 Å². The van der Waals surface area contributed by atoms with Crippen LogP contribution in [-0.4, -0.2) is 15.8 Å². The van der Waals surface area contributed by atoms with Crippen LogP contribution < -0.4 is 5.32 Å². The van der Waals surface area contributed by atoms with Crippen molar-refractivity contribution >= 4 is 17.3 Å². The van der Waals surface area contributed by atoms with Gasteiger partial charge in [0.1, 0.15) is 11.5 Å². The number of aromatic nitrogens is 1. The predicted octanol–water partition coefficient (Wildman–Crippen LogP) is 4.05. The molecule has 0 unspecified atom stereocenters. The fourth-order valence-electron chi connectivity index (χ4n) is 2.30. The number of carbonyl (C=O) groups excluding carboxylic acids is 1. The molecule has 0 saturated heterocycles. The molecule has 1 amide bonds. The van der Waals surface area contributed by atoms with Gasteiger partial charge in [0.25, 0.3) is 11.6 Å². The second-order valence-corrected chi connectivity index (χ2v) is 5.19. The Kier molecular flexibility index (Phi) is 4.47. The molecule has 0 saturated carbocycles. The molecule has 2 aromatic carbocycles. The normalized spacial score (nSPS) is 10.3. The predicted molar refractivity (Wildman–Crippen MR) is 90.7 cm³/mol. The molecule has 0 fully saturated rings. The van der Waals surface area contributed by atoms with Gasteiger partial charge in [-0.05, 0) is 41.5 Å². The number of halogens is 1. The molecule has 0 aliphatic heterocycles. The molecule has 1 heterocycles. The SMILES string of the molecule is O=C(Nc1ccc(F)cc1[N+](=O)[O-])c1ccc(-c2cccnc2)cc1. The molecule has 0 radical (unpaired) electrons. The number of nitrogens with zero attached hydrogens (tertiary/aromatic N) is 2. The number of nitro groups is 1. The molecule has 0 aliphatic rings. The van der Waals surface area contributed by atoms with Gasteiger partial charge in [-0.3, -0.25) is 19.9 Å². The van der Waals surface area contributed by atoms with Gasteiger partial charge in [0.15, 0.2) is 0 Å². The van der Waals surface area contributed by atoms with Crippen LogP contribution in [0.4, 0.5) is 15.8 Å². The molecule has 124 valence electrons. The van der Waals surface area contributed by atoms with Gasteiger partial charge >= 0.3 is 0 Å². The average molecular weight is 337 g/mol. The van der Waals surface area contributed by atoms with Gasteiger partial charge in [-0.2, -0.15) is 0 Å². The molecule has 1 N–H and O–H groups in total. The lowest BCUT2D eigenvalue weighted by atomic mass is 10.1. The number of amides is 1. The number of hydrogen-bond donors (Lipinski definition) is 1. The van der Waals surface area contributed by atoms with E-state index in [0.717, 1.165) is 29.3 Å². The molecule has 3 aromatic rings. The van der Waals surface area contributed by atoms with E-state index in [1.807, 2.05) is 12.1 Å². The van der Waals surface area contributed by atoms with Gasteiger partial charge in [-0.1, -0.05) is 18.2 Å². The minimum absolute atomic E-state index is 0.0623. The zero-order chi connectivity index (χ0) is 17.8. The van der Waals surface area contributed by atoms with Crippen molar-refractivity contribution in [2.24, 2.45) is 0 Å². The third-order valence-electron chi connectivity index (χ3n) is 3.55. The summed E-state index contributed by atoms with van der Waals surface area (Å²) in [4.78, 5) is 26.5. The third kappa shape index (κ3) is 3.66. The van der Waals surface area contributed by atoms with Crippen LogP contribution in [0.25, 0.3) is 11.1 Å². The third-order valence-corrected chi connectivity index (χ3v) is 3.55. The van der Waals surface area contributed by atoms with Crippen LogP contribution in [0.5, 0.6) is 0 Å². The van der Waals surface area contributed by atoms with Gasteiger partial charge < -0.3 is 5.32 Å². The molecular formula is C18H12FN3O3. The molecule has 3 rings (SSSR count). The second-order valence-electron chi connectivity index (χ2n) is 5.19. The van der Waals surface area contributed by atoms with E-state index >= 15 is 0 Å². The number of nitro benzene ring substituents is 1. The van der Waals surface area contributed by atoms with E-state index in [9.17, 15) is 19.3 Å². The van der Waals surface area contributed by atoms with Crippen molar-refractivity contribution in [1.29, 1.82) is 0 Å². The van der Waals surface area contributed by atoms with Crippen molar-refractivity contribution in [2.75, 3.05) is 5.32 Å². The zero-order valence-electron chi connectivity index (χ0n) is 12.8. The standard InChI is InChI=1S/C18H12FN3O3/c19-15-7-8-16(17(10-15)22(24)25)21-18(23)13-5-3-12(4-6-13)14-2-1-9-20-11-14/h1-11H,(H,21,23). The van der Waals surface area contributed by atoms with E-state index in [-0.39, 0.29) is 5.69 Å². The molecule has 0 bridgehead atoms. The van der Waals surface area contributed by atoms with Gasteiger partial charge in [0, 0.05) is 18.0 Å². The van der Waals surface area contributed by atoms with Gasteiger partial charge in [-0.25, -0.2) is 4.39 Å². The van der Waals surface area contributed by atoms with Gasteiger partial charge in [-0.15, -0.1) is 0 Å². The Labute approximate surface area is 142 Å². The molecule has 0 atom stereocenters. The maximum atomic E-state index is 13.2. The molecule has 1 aromatic heterocycles. The van der Waals surface area contributed by atoms with E-state index in [2.05, 4.69) is 10.3 Å². The van der Waals surface area contributed by atoms with Crippen LogP contribution in [0.1, 0.15) is 10.4 Å².